The summed E-state index contributed by atoms with van der Waals surface area (Å²) in [5.41, 5.74) is 5.30. The van der Waals surface area contributed by atoms with E-state index in [2.05, 4.69) is 22.5 Å². The summed E-state index contributed by atoms with van der Waals surface area (Å²) in [5.74, 6) is 0.538. The van der Waals surface area contributed by atoms with Crippen molar-refractivity contribution in [3.63, 3.8) is 0 Å². The van der Waals surface area contributed by atoms with Gasteiger partial charge in [0.25, 0.3) is 0 Å². The van der Waals surface area contributed by atoms with Crippen molar-refractivity contribution < 1.29 is 9.21 Å². The first kappa shape index (κ1) is 18.5. The second kappa shape index (κ2) is 8.44. The van der Waals surface area contributed by atoms with Gasteiger partial charge in [0, 0.05) is 22.5 Å². The zero-order valence-electron chi connectivity index (χ0n) is 16.1. The summed E-state index contributed by atoms with van der Waals surface area (Å²) >= 11 is 0. The van der Waals surface area contributed by atoms with Crippen molar-refractivity contribution in [1.29, 1.82) is 0 Å². The molecule has 0 spiro atoms. The molecule has 0 bridgehead atoms. The molecular formula is C24H21N3O2. The quantitative estimate of drug-likeness (QED) is 0.430. The van der Waals surface area contributed by atoms with Crippen LogP contribution in [0.1, 0.15) is 12.5 Å². The van der Waals surface area contributed by atoms with Crippen LogP contribution in [-0.4, -0.2) is 11.0 Å². The number of benzene rings is 3. The molecule has 2 N–H and O–H groups in total. The van der Waals surface area contributed by atoms with Gasteiger partial charge in [-0.3, -0.25) is 0 Å². The lowest BCUT2D eigenvalue weighted by Crippen LogP contribution is -2.19. The van der Waals surface area contributed by atoms with Crippen LogP contribution >= 0.6 is 0 Å². The van der Waals surface area contributed by atoms with Crippen LogP contribution in [0.3, 0.4) is 0 Å². The van der Waals surface area contributed by atoms with Gasteiger partial charge in [-0.25, -0.2) is 9.78 Å². The average Bonchev–Trinajstić information content (AvgIpc) is 3.26. The Morgan fingerprint density at radius 2 is 1.45 bits per heavy atom. The summed E-state index contributed by atoms with van der Waals surface area (Å²) in [7, 11) is 0. The molecule has 0 atom stereocenters. The molecule has 0 aliphatic rings. The van der Waals surface area contributed by atoms with Crippen LogP contribution in [0.2, 0.25) is 0 Å². The van der Waals surface area contributed by atoms with E-state index in [-0.39, 0.29) is 6.03 Å². The lowest BCUT2D eigenvalue weighted by molar-refractivity contribution is 0.262. The van der Waals surface area contributed by atoms with Crippen molar-refractivity contribution in [3.8, 4) is 22.7 Å². The largest absolute Gasteiger partial charge is 0.444 e. The third kappa shape index (κ3) is 4.52. The van der Waals surface area contributed by atoms with Crippen molar-refractivity contribution in [1.82, 2.24) is 4.98 Å². The van der Waals surface area contributed by atoms with E-state index in [9.17, 15) is 4.79 Å². The zero-order valence-corrected chi connectivity index (χ0v) is 16.1. The molecule has 0 unspecified atom stereocenters. The Bertz CT molecular complexity index is 1090. The number of hydrogen-bond donors (Lipinski definition) is 2. The van der Waals surface area contributed by atoms with Gasteiger partial charge < -0.3 is 15.1 Å². The highest BCUT2D eigenvalue weighted by Gasteiger charge is 2.09. The molecule has 3 aromatic carbocycles. The van der Waals surface area contributed by atoms with E-state index in [0.29, 0.717) is 11.6 Å². The Morgan fingerprint density at radius 1 is 0.828 bits per heavy atom. The van der Waals surface area contributed by atoms with E-state index >= 15 is 0 Å². The third-order valence-electron chi connectivity index (χ3n) is 4.58. The van der Waals surface area contributed by atoms with Crippen LogP contribution in [0, 0.1) is 0 Å². The van der Waals surface area contributed by atoms with Crippen LogP contribution < -0.4 is 10.6 Å². The SMILES string of the molecule is CCc1ccc(NC(=O)Nc2ccc(-c3nc(-c4ccccc4)co3)cc2)cc1. The Balaban J connectivity index is 1.40. The predicted octanol–water partition coefficient (Wildman–Crippen LogP) is 6.22. The van der Waals surface area contributed by atoms with E-state index in [1.54, 1.807) is 6.26 Å². The second-order valence-corrected chi connectivity index (χ2v) is 6.61. The summed E-state index contributed by atoms with van der Waals surface area (Å²) in [4.78, 5) is 16.7. The van der Waals surface area contributed by atoms with Crippen molar-refractivity contribution in [2.24, 2.45) is 0 Å². The number of nitrogens with one attached hydrogen (secondary N) is 2. The van der Waals surface area contributed by atoms with Gasteiger partial charge in [0.05, 0.1) is 0 Å². The van der Waals surface area contributed by atoms with Gasteiger partial charge in [0.15, 0.2) is 0 Å². The molecule has 0 radical (unpaired) electrons. The van der Waals surface area contributed by atoms with E-state index in [1.807, 2.05) is 78.9 Å². The monoisotopic (exact) mass is 383 g/mol. The van der Waals surface area contributed by atoms with Gasteiger partial charge in [-0.15, -0.1) is 0 Å². The molecular weight excluding hydrogens is 362 g/mol. The first-order valence-corrected chi connectivity index (χ1v) is 9.49. The molecule has 0 aliphatic heterocycles. The number of amides is 2. The summed E-state index contributed by atoms with van der Waals surface area (Å²) in [5, 5.41) is 5.66. The van der Waals surface area contributed by atoms with Gasteiger partial charge in [0.2, 0.25) is 5.89 Å². The number of carbonyl (C=O) groups excluding carboxylic acids is 1. The molecule has 144 valence electrons. The summed E-state index contributed by atoms with van der Waals surface area (Å²) < 4.78 is 5.61. The molecule has 4 aromatic rings. The Labute approximate surface area is 169 Å². The lowest BCUT2D eigenvalue weighted by Gasteiger charge is -2.08. The van der Waals surface area contributed by atoms with E-state index in [1.165, 1.54) is 5.56 Å². The Morgan fingerprint density at radius 3 is 2.07 bits per heavy atom. The number of oxazole rings is 1. The molecule has 5 heteroatoms. The fourth-order valence-corrected chi connectivity index (χ4v) is 2.96. The Kier molecular flexibility index (Phi) is 5.38. The molecule has 0 fully saturated rings. The molecule has 2 amide bonds. The maximum Gasteiger partial charge on any atom is 0.323 e. The normalized spacial score (nSPS) is 10.5. The minimum atomic E-state index is -0.288. The molecule has 0 saturated carbocycles. The second-order valence-electron chi connectivity index (χ2n) is 6.61. The minimum Gasteiger partial charge on any atom is -0.444 e. The van der Waals surface area contributed by atoms with Crippen LogP contribution in [0.15, 0.2) is 89.5 Å². The van der Waals surface area contributed by atoms with Crippen molar-refractivity contribution in [3.05, 3.63) is 90.7 Å². The number of aromatic nitrogens is 1. The number of nitrogens with zero attached hydrogens (tertiary/aromatic N) is 1. The number of rotatable bonds is 5. The first-order valence-electron chi connectivity index (χ1n) is 9.49. The van der Waals surface area contributed by atoms with E-state index < -0.39 is 0 Å². The fourth-order valence-electron chi connectivity index (χ4n) is 2.96. The third-order valence-corrected chi connectivity index (χ3v) is 4.58. The summed E-state index contributed by atoms with van der Waals surface area (Å²) in [6.07, 6.45) is 2.62. The highest BCUT2D eigenvalue weighted by molar-refractivity contribution is 5.99. The highest BCUT2D eigenvalue weighted by Crippen LogP contribution is 2.25. The van der Waals surface area contributed by atoms with Gasteiger partial charge in [-0.2, -0.15) is 0 Å². The average molecular weight is 383 g/mol. The number of urea groups is 1. The van der Waals surface area contributed by atoms with Gasteiger partial charge in [-0.05, 0) is 48.4 Å². The molecule has 4 rings (SSSR count). The maximum absolute atomic E-state index is 12.2. The smallest absolute Gasteiger partial charge is 0.323 e. The number of hydrogen-bond acceptors (Lipinski definition) is 3. The van der Waals surface area contributed by atoms with Crippen LogP contribution in [0.5, 0.6) is 0 Å². The fraction of sp³-hybridized carbons (Fsp3) is 0.0833. The first-order chi connectivity index (χ1) is 14.2. The predicted molar refractivity (Wildman–Crippen MR) is 116 cm³/mol. The molecule has 29 heavy (non-hydrogen) atoms. The van der Waals surface area contributed by atoms with Gasteiger partial charge in [-0.1, -0.05) is 49.4 Å². The van der Waals surface area contributed by atoms with Crippen molar-refractivity contribution in [2.45, 2.75) is 13.3 Å². The van der Waals surface area contributed by atoms with Crippen LogP contribution in [-0.2, 0) is 6.42 Å². The number of aryl methyl sites for hydroxylation is 1. The van der Waals surface area contributed by atoms with Crippen LogP contribution in [0.4, 0.5) is 16.2 Å². The van der Waals surface area contributed by atoms with E-state index in [0.717, 1.165) is 28.9 Å². The molecule has 1 aromatic heterocycles. The molecule has 0 saturated heterocycles. The summed E-state index contributed by atoms with van der Waals surface area (Å²) in [6, 6.07) is 24.8. The van der Waals surface area contributed by atoms with Crippen molar-refractivity contribution >= 4 is 17.4 Å². The van der Waals surface area contributed by atoms with E-state index in [4.69, 9.17) is 4.42 Å². The zero-order chi connectivity index (χ0) is 20.1. The standard InChI is InChI=1S/C24H21N3O2/c1-2-17-8-12-20(13-9-17)25-24(28)26-21-14-10-19(11-15-21)23-27-22(16-29-23)18-6-4-3-5-7-18/h3-16H,2H2,1H3,(H2,25,26,28). The Hall–Kier alpha value is -3.86. The highest BCUT2D eigenvalue weighted by atomic mass is 16.3. The maximum atomic E-state index is 12.2. The van der Waals surface area contributed by atoms with Crippen molar-refractivity contribution in [2.75, 3.05) is 10.6 Å². The van der Waals surface area contributed by atoms with Gasteiger partial charge in [0.1, 0.15) is 12.0 Å². The lowest BCUT2D eigenvalue weighted by atomic mass is 10.1. The number of anilines is 2. The topological polar surface area (TPSA) is 67.2 Å². The molecule has 0 aliphatic carbocycles. The molecule has 1 heterocycles. The minimum absolute atomic E-state index is 0.288. The number of carbonyl (C=O) groups is 1. The van der Waals surface area contributed by atoms with Crippen LogP contribution in [0.25, 0.3) is 22.7 Å². The summed E-state index contributed by atoms with van der Waals surface area (Å²) in [6.45, 7) is 2.10. The van der Waals surface area contributed by atoms with Gasteiger partial charge >= 0.3 is 6.03 Å². The molecule has 5 nitrogen and oxygen atoms in total.